The number of nitrogens with zero attached hydrogens (tertiary/aromatic N) is 1. The van der Waals surface area contributed by atoms with Crippen molar-refractivity contribution >= 4 is 29.7 Å². The summed E-state index contributed by atoms with van der Waals surface area (Å²) in [6.45, 7) is 5.40. The smallest absolute Gasteiger partial charge is 0.326 e. The van der Waals surface area contributed by atoms with Crippen molar-refractivity contribution in [2.75, 3.05) is 6.54 Å². The van der Waals surface area contributed by atoms with Crippen LogP contribution in [0, 0.1) is 5.92 Å². The third kappa shape index (κ3) is 12.1. The van der Waals surface area contributed by atoms with Crippen LogP contribution in [0.25, 0.3) is 0 Å². The number of nitrogens with one attached hydrogen (secondary N) is 3. The van der Waals surface area contributed by atoms with Crippen LogP contribution in [0.15, 0.2) is 29.3 Å². The Labute approximate surface area is 216 Å². The largest absolute Gasteiger partial charge is 0.508 e. The highest BCUT2D eigenvalue weighted by atomic mass is 16.4. The molecule has 0 aromatic heterocycles. The molecule has 11 N–H and O–H groups in total. The van der Waals surface area contributed by atoms with Crippen molar-refractivity contribution in [3.8, 4) is 5.75 Å². The van der Waals surface area contributed by atoms with Gasteiger partial charge in [0, 0.05) is 13.0 Å². The molecule has 4 atom stereocenters. The number of hydrogen-bond acceptors (Lipinski definition) is 7. The fourth-order valence-electron chi connectivity index (χ4n) is 3.38. The molecule has 1 rings (SSSR count). The zero-order chi connectivity index (χ0) is 28.1. The number of rotatable bonds is 15. The Balaban J connectivity index is 2.88. The number of phenolic OH excluding ortho intramolecular Hbond substituents is 1. The summed E-state index contributed by atoms with van der Waals surface area (Å²) in [4.78, 5) is 53.7. The van der Waals surface area contributed by atoms with Crippen molar-refractivity contribution < 1.29 is 29.4 Å². The lowest BCUT2D eigenvalue weighted by Crippen LogP contribution is -2.57. The molecule has 0 bridgehead atoms. The van der Waals surface area contributed by atoms with E-state index in [4.69, 9.17) is 17.2 Å². The van der Waals surface area contributed by atoms with Gasteiger partial charge in [-0.2, -0.15) is 0 Å². The van der Waals surface area contributed by atoms with Gasteiger partial charge in [0.1, 0.15) is 23.9 Å². The van der Waals surface area contributed by atoms with Crippen LogP contribution in [-0.2, 0) is 25.6 Å². The molecule has 0 aliphatic rings. The lowest BCUT2D eigenvalue weighted by Gasteiger charge is -2.24. The number of amides is 3. The maximum Gasteiger partial charge on any atom is 0.326 e. The Bertz CT molecular complexity index is 947. The summed E-state index contributed by atoms with van der Waals surface area (Å²) in [6.07, 6.45) is 0.976. The number of phenols is 1. The summed E-state index contributed by atoms with van der Waals surface area (Å²) in [5, 5.41) is 26.6. The number of guanidine groups is 1. The molecule has 0 aliphatic heterocycles. The highest BCUT2D eigenvalue weighted by molar-refractivity contribution is 5.94. The van der Waals surface area contributed by atoms with Gasteiger partial charge in [-0.05, 0) is 49.8 Å². The van der Waals surface area contributed by atoms with E-state index in [0.717, 1.165) is 0 Å². The summed E-state index contributed by atoms with van der Waals surface area (Å²) in [6, 6.07) is 1.82. The van der Waals surface area contributed by atoms with Crippen LogP contribution >= 0.6 is 0 Å². The van der Waals surface area contributed by atoms with E-state index in [1.807, 2.05) is 13.8 Å². The molecular weight excluding hydrogens is 482 g/mol. The Kier molecular flexibility index (Phi) is 12.9. The van der Waals surface area contributed by atoms with E-state index in [0.29, 0.717) is 18.5 Å². The van der Waals surface area contributed by atoms with Crippen molar-refractivity contribution in [3.63, 3.8) is 0 Å². The van der Waals surface area contributed by atoms with Crippen molar-refractivity contribution in [2.45, 2.75) is 70.6 Å². The van der Waals surface area contributed by atoms with E-state index >= 15 is 0 Å². The molecule has 13 nitrogen and oxygen atoms in total. The maximum atomic E-state index is 13.0. The zero-order valence-corrected chi connectivity index (χ0v) is 21.4. The second-order valence-corrected chi connectivity index (χ2v) is 9.25. The van der Waals surface area contributed by atoms with Gasteiger partial charge in [-0.25, -0.2) is 4.79 Å². The maximum absolute atomic E-state index is 13.0. The number of benzene rings is 1. The van der Waals surface area contributed by atoms with E-state index in [-0.39, 0.29) is 36.9 Å². The fraction of sp³-hybridized carbons (Fsp3) is 0.542. The predicted octanol–water partition coefficient (Wildman–Crippen LogP) is -1.08. The number of carboxylic acid groups (broad SMARTS) is 1. The van der Waals surface area contributed by atoms with Crippen molar-refractivity contribution in [1.82, 2.24) is 16.0 Å². The van der Waals surface area contributed by atoms with Gasteiger partial charge in [0.2, 0.25) is 17.7 Å². The normalized spacial score (nSPS) is 14.1. The Hall–Kier alpha value is -3.87. The minimum absolute atomic E-state index is 0.00505. The molecule has 0 aliphatic carbocycles. The van der Waals surface area contributed by atoms with Gasteiger partial charge in [0.25, 0.3) is 0 Å². The second-order valence-electron chi connectivity index (χ2n) is 9.25. The van der Waals surface area contributed by atoms with Crippen molar-refractivity contribution in [2.24, 2.45) is 28.1 Å². The average Bonchev–Trinajstić information content (AvgIpc) is 2.81. The fourth-order valence-corrected chi connectivity index (χ4v) is 3.38. The first-order chi connectivity index (χ1) is 17.3. The highest BCUT2D eigenvalue weighted by Gasteiger charge is 2.29. The number of carboxylic acids is 1. The first-order valence-electron chi connectivity index (χ1n) is 12.0. The zero-order valence-electron chi connectivity index (χ0n) is 21.4. The van der Waals surface area contributed by atoms with Crippen molar-refractivity contribution in [1.29, 1.82) is 0 Å². The monoisotopic (exact) mass is 521 g/mol. The molecule has 0 fully saturated rings. The number of aromatic hydroxyl groups is 1. The molecule has 206 valence electrons. The molecular formula is C24H39N7O6. The quantitative estimate of drug-likeness (QED) is 0.0794. The van der Waals surface area contributed by atoms with Gasteiger partial charge in [0.05, 0.1) is 6.04 Å². The van der Waals surface area contributed by atoms with Gasteiger partial charge in [-0.3, -0.25) is 19.4 Å². The summed E-state index contributed by atoms with van der Waals surface area (Å²) in [5.74, 6) is -3.12. The highest BCUT2D eigenvalue weighted by Crippen LogP contribution is 2.12. The topological polar surface area (TPSA) is 235 Å². The van der Waals surface area contributed by atoms with E-state index in [9.17, 15) is 29.4 Å². The number of aliphatic carboxylic acids is 1. The van der Waals surface area contributed by atoms with Crippen LogP contribution in [0.4, 0.5) is 0 Å². The molecule has 37 heavy (non-hydrogen) atoms. The van der Waals surface area contributed by atoms with Gasteiger partial charge in [-0.15, -0.1) is 0 Å². The van der Waals surface area contributed by atoms with Crippen LogP contribution < -0.4 is 33.2 Å². The van der Waals surface area contributed by atoms with Crippen LogP contribution in [0.3, 0.4) is 0 Å². The molecule has 3 amide bonds. The van der Waals surface area contributed by atoms with Crippen LogP contribution in [0.5, 0.6) is 5.75 Å². The van der Waals surface area contributed by atoms with Crippen molar-refractivity contribution in [3.05, 3.63) is 29.8 Å². The molecule has 4 unspecified atom stereocenters. The number of carbonyl (C=O) groups is 4. The third-order valence-corrected chi connectivity index (χ3v) is 5.39. The van der Waals surface area contributed by atoms with Gasteiger partial charge < -0.3 is 43.4 Å². The first-order valence-corrected chi connectivity index (χ1v) is 12.0. The van der Waals surface area contributed by atoms with E-state index in [2.05, 4.69) is 20.9 Å². The number of hydrogen-bond donors (Lipinski definition) is 8. The minimum Gasteiger partial charge on any atom is -0.508 e. The van der Waals surface area contributed by atoms with Gasteiger partial charge in [-0.1, -0.05) is 26.0 Å². The molecule has 0 radical (unpaired) electrons. The van der Waals surface area contributed by atoms with Gasteiger partial charge in [0.15, 0.2) is 5.96 Å². The molecule has 0 heterocycles. The number of carbonyl (C=O) groups excluding carboxylic acids is 3. The van der Waals surface area contributed by atoms with Crippen LogP contribution in [-0.4, -0.2) is 70.6 Å². The molecule has 0 saturated carbocycles. The first kappa shape index (κ1) is 31.2. The average molecular weight is 522 g/mol. The standard InChI is InChI=1S/C24H39N7O6/c1-13(2)11-19(23(36)37)31-22(35)18(12-15-6-8-16(32)9-7-15)30-20(33)14(3)29-21(34)17(25)5-4-10-28-24(26)27/h6-9,13-14,17-19,32H,4-5,10-12,25H2,1-3H3,(H,29,34)(H,30,33)(H,31,35)(H,36,37)(H4,26,27,28). The lowest BCUT2D eigenvalue weighted by atomic mass is 10.0. The van der Waals surface area contributed by atoms with Gasteiger partial charge >= 0.3 is 5.97 Å². The van der Waals surface area contributed by atoms with Crippen LogP contribution in [0.1, 0.15) is 45.6 Å². The summed E-state index contributed by atoms with van der Waals surface area (Å²) in [7, 11) is 0. The number of aliphatic imine (C=N–C) groups is 1. The van der Waals surface area contributed by atoms with Crippen LogP contribution in [0.2, 0.25) is 0 Å². The Morgan fingerprint density at radius 3 is 2.05 bits per heavy atom. The summed E-state index contributed by atoms with van der Waals surface area (Å²) >= 11 is 0. The molecule has 0 spiro atoms. The van der Waals surface area contributed by atoms with E-state index in [1.54, 1.807) is 12.1 Å². The molecule has 1 aromatic rings. The lowest BCUT2D eigenvalue weighted by molar-refractivity contribution is -0.142. The summed E-state index contributed by atoms with van der Waals surface area (Å²) < 4.78 is 0. The Morgan fingerprint density at radius 2 is 1.51 bits per heavy atom. The van der Waals surface area contributed by atoms with E-state index in [1.165, 1.54) is 19.1 Å². The SMILES string of the molecule is CC(C)CC(NC(=O)C(Cc1ccc(O)cc1)NC(=O)C(C)NC(=O)C(N)CCCN=C(N)N)C(=O)O. The predicted molar refractivity (Wildman–Crippen MR) is 138 cm³/mol. The number of nitrogens with two attached hydrogens (primary N) is 3. The van der Waals surface area contributed by atoms with E-state index < -0.39 is 47.9 Å². The minimum atomic E-state index is -1.19. The summed E-state index contributed by atoms with van der Waals surface area (Å²) in [5.41, 5.74) is 17.0. The second kappa shape index (κ2) is 15.3. The molecule has 1 aromatic carbocycles. The molecule has 0 saturated heterocycles. The Morgan fingerprint density at radius 1 is 0.919 bits per heavy atom. The third-order valence-electron chi connectivity index (χ3n) is 5.39. The molecule has 13 heteroatoms.